The van der Waals surface area contributed by atoms with Gasteiger partial charge in [-0.2, -0.15) is 0 Å². The van der Waals surface area contributed by atoms with E-state index in [9.17, 15) is 9.90 Å². The third-order valence-electron chi connectivity index (χ3n) is 4.24. The number of fused-ring (bicyclic) bond motifs is 1. The van der Waals surface area contributed by atoms with Crippen molar-refractivity contribution in [2.24, 2.45) is 0 Å². The molecule has 4 nitrogen and oxygen atoms in total. The average Bonchev–Trinajstić information content (AvgIpc) is 3.20. The standard InChI is InChI=1S/C19H16N2O2/c22-18-15-8-2-3-9-16(15)19(23)21(18)13-14-7-1-4-10-17(14)20-11-5-6-12-20/h1-12,18,22H,13H2. The van der Waals surface area contributed by atoms with Crippen molar-refractivity contribution >= 4 is 5.91 Å². The molecular formula is C19H16N2O2. The topological polar surface area (TPSA) is 45.5 Å². The van der Waals surface area contributed by atoms with Crippen LogP contribution in [-0.2, 0) is 6.54 Å². The molecule has 23 heavy (non-hydrogen) atoms. The summed E-state index contributed by atoms with van der Waals surface area (Å²) in [6.07, 6.45) is 3.04. The lowest BCUT2D eigenvalue weighted by Gasteiger charge is -2.22. The maximum atomic E-state index is 12.6. The highest BCUT2D eigenvalue weighted by molar-refractivity contribution is 5.98. The Labute approximate surface area is 134 Å². The van der Waals surface area contributed by atoms with E-state index in [1.165, 1.54) is 4.90 Å². The minimum absolute atomic E-state index is 0.129. The Morgan fingerprint density at radius 1 is 0.913 bits per heavy atom. The third kappa shape index (κ3) is 2.24. The molecule has 4 heteroatoms. The van der Waals surface area contributed by atoms with Crippen LogP contribution in [-0.4, -0.2) is 20.5 Å². The zero-order valence-corrected chi connectivity index (χ0v) is 12.5. The number of nitrogens with zero attached hydrogens (tertiary/aromatic N) is 2. The van der Waals surface area contributed by atoms with Crippen LogP contribution in [0.3, 0.4) is 0 Å². The normalized spacial score (nSPS) is 16.7. The fourth-order valence-electron chi connectivity index (χ4n) is 3.08. The number of aliphatic hydroxyl groups is 1. The van der Waals surface area contributed by atoms with Gasteiger partial charge in [0.15, 0.2) is 6.23 Å². The molecule has 2 aromatic carbocycles. The molecule has 1 atom stereocenters. The van der Waals surface area contributed by atoms with Gasteiger partial charge >= 0.3 is 0 Å². The van der Waals surface area contributed by atoms with E-state index in [2.05, 4.69) is 0 Å². The van der Waals surface area contributed by atoms with E-state index in [4.69, 9.17) is 0 Å². The molecule has 1 aliphatic rings. The van der Waals surface area contributed by atoms with E-state index in [1.807, 2.05) is 65.5 Å². The van der Waals surface area contributed by atoms with Crippen molar-refractivity contribution in [3.05, 3.63) is 89.7 Å². The molecule has 1 aliphatic heterocycles. The van der Waals surface area contributed by atoms with Gasteiger partial charge in [-0.3, -0.25) is 4.79 Å². The number of para-hydroxylation sites is 1. The monoisotopic (exact) mass is 304 g/mol. The molecule has 1 unspecified atom stereocenters. The second-order valence-corrected chi connectivity index (χ2v) is 5.61. The minimum atomic E-state index is -0.892. The summed E-state index contributed by atoms with van der Waals surface area (Å²) in [6.45, 7) is 0.364. The minimum Gasteiger partial charge on any atom is -0.369 e. The van der Waals surface area contributed by atoms with Gasteiger partial charge in [0.25, 0.3) is 5.91 Å². The van der Waals surface area contributed by atoms with E-state index >= 15 is 0 Å². The van der Waals surface area contributed by atoms with Gasteiger partial charge in [0.2, 0.25) is 0 Å². The molecule has 1 N–H and O–H groups in total. The van der Waals surface area contributed by atoms with Gasteiger partial charge in [-0.25, -0.2) is 0 Å². The zero-order chi connectivity index (χ0) is 15.8. The Balaban J connectivity index is 1.69. The fraction of sp³-hybridized carbons (Fsp3) is 0.105. The summed E-state index contributed by atoms with van der Waals surface area (Å²) in [7, 11) is 0. The van der Waals surface area contributed by atoms with E-state index in [1.54, 1.807) is 12.1 Å². The molecule has 0 saturated heterocycles. The highest BCUT2D eigenvalue weighted by Crippen LogP contribution is 2.33. The zero-order valence-electron chi connectivity index (χ0n) is 12.5. The molecule has 0 saturated carbocycles. The molecular weight excluding hydrogens is 288 g/mol. The summed E-state index contributed by atoms with van der Waals surface area (Å²) in [5.41, 5.74) is 3.26. The van der Waals surface area contributed by atoms with Crippen LogP contribution in [0.4, 0.5) is 0 Å². The Morgan fingerprint density at radius 2 is 1.61 bits per heavy atom. The maximum Gasteiger partial charge on any atom is 0.256 e. The van der Waals surface area contributed by atoms with E-state index in [0.717, 1.165) is 11.3 Å². The Hall–Kier alpha value is -2.85. The van der Waals surface area contributed by atoms with Crippen LogP contribution >= 0.6 is 0 Å². The van der Waals surface area contributed by atoms with Crippen LogP contribution in [0.5, 0.6) is 0 Å². The van der Waals surface area contributed by atoms with Gasteiger partial charge in [-0.15, -0.1) is 0 Å². The number of carbonyl (C=O) groups excluding carboxylic acids is 1. The van der Waals surface area contributed by atoms with Gasteiger partial charge in [0.05, 0.1) is 6.54 Å². The highest BCUT2D eigenvalue weighted by Gasteiger charge is 2.35. The Morgan fingerprint density at radius 3 is 2.39 bits per heavy atom. The summed E-state index contributed by atoms with van der Waals surface area (Å²) in [5.74, 6) is -0.129. The summed E-state index contributed by atoms with van der Waals surface area (Å²) in [6, 6.07) is 19.1. The van der Waals surface area contributed by atoms with E-state index < -0.39 is 6.23 Å². The van der Waals surface area contributed by atoms with Crippen LogP contribution in [0.1, 0.15) is 27.7 Å². The van der Waals surface area contributed by atoms with E-state index in [0.29, 0.717) is 17.7 Å². The lowest BCUT2D eigenvalue weighted by molar-refractivity contribution is 0.0137. The van der Waals surface area contributed by atoms with Gasteiger partial charge in [-0.1, -0.05) is 36.4 Å². The molecule has 0 radical (unpaired) electrons. The Kier molecular flexibility index (Phi) is 3.24. The summed E-state index contributed by atoms with van der Waals surface area (Å²) < 4.78 is 2.01. The number of rotatable bonds is 3. The number of hydrogen-bond acceptors (Lipinski definition) is 2. The molecule has 4 rings (SSSR count). The predicted octanol–water partition coefficient (Wildman–Crippen LogP) is 3.12. The SMILES string of the molecule is O=C1c2ccccc2C(O)N1Cc1ccccc1-n1cccc1. The number of aliphatic hydroxyl groups excluding tert-OH is 1. The fourth-order valence-corrected chi connectivity index (χ4v) is 3.08. The van der Waals surface area contributed by atoms with Crippen molar-refractivity contribution in [2.75, 3.05) is 0 Å². The summed E-state index contributed by atoms with van der Waals surface area (Å²) in [4.78, 5) is 14.1. The van der Waals surface area contributed by atoms with Crippen molar-refractivity contribution in [1.29, 1.82) is 0 Å². The number of benzene rings is 2. The first-order valence-corrected chi connectivity index (χ1v) is 7.55. The quantitative estimate of drug-likeness (QED) is 0.808. The highest BCUT2D eigenvalue weighted by atomic mass is 16.3. The van der Waals surface area contributed by atoms with Crippen molar-refractivity contribution in [2.45, 2.75) is 12.8 Å². The summed E-state index contributed by atoms with van der Waals surface area (Å²) in [5, 5.41) is 10.5. The average molecular weight is 304 g/mol. The molecule has 3 aromatic rings. The first-order valence-electron chi connectivity index (χ1n) is 7.55. The van der Waals surface area contributed by atoms with E-state index in [-0.39, 0.29) is 5.91 Å². The van der Waals surface area contributed by atoms with Crippen LogP contribution < -0.4 is 0 Å². The molecule has 0 bridgehead atoms. The first kappa shape index (κ1) is 13.8. The van der Waals surface area contributed by atoms with Crippen molar-refractivity contribution in [1.82, 2.24) is 9.47 Å². The summed E-state index contributed by atoms with van der Waals surface area (Å²) >= 11 is 0. The van der Waals surface area contributed by atoms with Crippen molar-refractivity contribution in [3.63, 3.8) is 0 Å². The molecule has 1 aromatic heterocycles. The molecule has 0 aliphatic carbocycles. The molecule has 114 valence electrons. The third-order valence-corrected chi connectivity index (χ3v) is 4.24. The molecule has 0 fully saturated rings. The van der Waals surface area contributed by atoms with Gasteiger partial charge in [0.1, 0.15) is 0 Å². The van der Waals surface area contributed by atoms with Gasteiger partial charge in [0, 0.05) is 29.2 Å². The van der Waals surface area contributed by atoms with Crippen LogP contribution in [0.25, 0.3) is 5.69 Å². The second-order valence-electron chi connectivity index (χ2n) is 5.61. The number of hydrogen-bond donors (Lipinski definition) is 1. The van der Waals surface area contributed by atoms with Gasteiger partial charge < -0.3 is 14.6 Å². The smallest absolute Gasteiger partial charge is 0.256 e. The lowest BCUT2D eigenvalue weighted by Crippen LogP contribution is -2.27. The van der Waals surface area contributed by atoms with Crippen molar-refractivity contribution in [3.8, 4) is 5.69 Å². The van der Waals surface area contributed by atoms with Gasteiger partial charge in [-0.05, 0) is 29.8 Å². The van der Waals surface area contributed by atoms with Crippen LogP contribution in [0.2, 0.25) is 0 Å². The van der Waals surface area contributed by atoms with Crippen LogP contribution in [0, 0.1) is 0 Å². The first-order chi connectivity index (χ1) is 11.3. The predicted molar refractivity (Wildman–Crippen MR) is 87.0 cm³/mol. The Bertz CT molecular complexity index is 855. The second kappa shape index (κ2) is 5.41. The number of aromatic nitrogens is 1. The molecule has 1 amide bonds. The maximum absolute atomic E-state index is 12.6. The van der Waals surface area contributed by atoms with Crippen LogP contribution in [0.15, 0.2) is 73.1 Å². The largest absolute Gasteiger partial charge is 0.369 e. The van der Waals surface area contributed by atoms with Crippen molar-refractivity contribution < 1.29 is 9.90 Å². The number of carbonyl (C=O) groups is 1. The number of amides is 1. The lowest BCUT2D eigenvalue weighted by atomic mass is 10.1. The molecule has 2 heterocycles. The molecule has 0 spiro atoms.